The average molecular weight is 677 g/mol. The van der Waals surface area contributed by atoms with Gasteiger partial charge in [-0.1, -0.05) is 152 Å². The molecule has 53 heavy (non-hydrogen) atoms. The van der Waals surface area contributed by atoms with Gasteiger partial charge in [-0.25, -0.2) is 9.97 Å². The van der Waals surface area contributed by atoms with Gasteiger partial charge in [-0.3, -0.25) is 0 Å². The molecule has 10 aromatic rings. The van der Waals surface area contributed by atoms with E-state index in [-0.39, 0.29) is 0 Å². The highest BCUT2D eigenvalue weighted by molar-refractivity contribution is 6.06. The van der Waals surface area contributed by atoms with E-state index in [1.165, 1.54) is 16.3 Å². The van der Waals surface area contributed by atoms with Gasteiger partial charge in [-0.2, -0.15) is 0 Å². The van der Waals surface area contributed by atoms with Gasteiger partial charge in [-0.15, -0.1) is 0 Å². The van der Waals surface area contributed by atoms with Gasteiger partial charge in [-0.05, 0) is 86.6 Å². The molecule has 0 aliphatic rings. The van der Waals surface area contributed by atoms with E-state index in [0.29, 0.717) is 5.82 Å². The van der Waals surface area contributed by atoms with E-state index in [4.69, 9.17) is 14.4 Å². The van der Waals surface area contributed by atoms with Gasteiger partial charge < -0.3 is 4.42 Å². The van der Waals surface area contributed by atoms with Crippen LogP contribution in [0.3, 0.4) is 0 Å². The molecule has 248 valence electrons. The van der Waals surface area contributed by atoms with E-state index in [1.807, 2.05) is 30.3 Å². The highest BCUT2D eigenvalue weighted by Crippen LogP contribution is 2.40. The highest BCUT2D eigenvalue weighted by atomic mass is 16.3. The van der Waals surface area contributed by atoms with Crippen LogP contribution in [-0.2, 0) is 0 Å². The van der Waals surface area contributed by atoms with E-state index >= 15 is 0 Å². The fraction of sp³-hybridized carbons (Fsp3) is 0. The minimum atomic E-state index is 0.685. The molecule has 0 bridgehead atoms. The largest absolute Gasteiger partial charge is 0.456 e. The number of rotatable bonds is 6. The predicted octanol–water partition coefficient (Wildman–Crippen LogP) is 13.5. The van der Waals surface area contributed by atoms with Gasteiger partial charge >= 0.3 is 0 Å². The Labute approximate surface area is 307 Å². The quantitative estimate of drug-likeness (QED) is 0.176. The summed E-state index contributed by atoms with van der Waals surface area (Å²) in [5.41, 5.74) is 13.3. The van der Waals surface area contributed by atoms with Crippen LogP contribution in [0.15, 0.2) is 199 Å². The van der Waals surface area contributed by atoms with Crippen molar-refractivity contribution in [2.75, 3.05) is 0 Å². The van der Waals surface area contributed by atoms with E-state index < -0.39 is 0 Å². The number of para-hydroxylation sites is 1. The van der Waals surface area contributed by atoms with Crippen LogP contribution < -0.4 is 0 Å². The second-order valence-electron chi connectivity index (χ2n) is 13.4. The fourth-order valence-corrected chi connectivity index (χ4v) is 7.51. The lowest BCUT2D eigenvalue weighted by Gasteiger charge is -2.15. The number of furan rings is 1. The monoisotopic (exact) mass is 676 g/mol. The van der Waals surface area contributed by atoms with Crippen LogP contribution in [0.2, 0.25) is 0 Å². The van der Waals surface area contributed by atoms with Crippen molar-refractivity contribution in [3.05, 3.63) is 194 Å². The zero-order valence-corrected chi connectivity index (χ0v) is 28.8. The van der Waals surface area contributed by atoms with E-state index in [9.17, 15) is 0 Å². The fourth-order valence-electron chi connectivity index (χ4n) is 7.51. The molecule has 3 heteroatoms. The van der Waals surface area contributed by atoms with Gasteiger partial charge in [0.05, 0.1) is 11.4 Å². The molecule has 0 aliphatic carbocycles. The summed E-state index contributed by atoms with van der Waals surface area (Å²) in [7, 11) is 0. The Hall–Kier alpha value is -7.10. The summed E-state index contributed by atoms with van der Waals surface area (Å²) in [4.78, 5) is 10.5. The van der Waals surface area contributed by atoms with Crippen molar-refractivity contribution in [1.29, 1.82) is 0 Å². The molecule has 2 aromatic heterocycles. The van der Waals surface area contributed by atoms with Gasteiger partial charge in [0, 0.05) is 27.5 Å². The molecule has 0 unspecified atom stereocenters. The molecule has 0 fully saturated rings. The lowest BCUT2D eigenvalue weighted by Crippen LogP contribution is -1.97. The Kier molecular flexibility index (Phi) is 7.47. The first-order chi connectivity index (χ1) is 26.2. The van der Waals surface area contributed by atoms with Crippen LogP contribution >= 0.6 is 0 Å². The molecule has 0 saturated heterocycles. The molecule has 0 N–H and O–H groups in total. The number of benzene rings is 8. The molecule has 2 heterocycles. The van der Waals surface area contributed by atoms with Crippen LogP contribution in [-0.4, -0.2) is 9.97 Å². The van der Waals surface area contributed by atoms with Crippen LogP contribution in [0.1, 0.15) is 0 Å². The standard InChI is InChI=1S/C50H32N2O/c1-3-14-33(15-4-1)41-21-9-10-22-43(41)47-32-46(51-50(52-47)35-17-5-2-6-18-35)39-29-37(28-38(30-39)42-24-13-19-34-16-7-8-20-40(34)42)36-26-27-49-45(31-36)44-23-11-12-25-48(44)53-49/h1-32H. The number of aromatic nitrogens is 2. The van der Waals surface area contributed by atoms with Crippen LogP contribution in [0, 0.1) is 0 Å². The van der Waals surface area contributed by atoms with Crippen molar-refractivity contribution in [2.24, 2.45) is 0 Å². The maximum Gasteiger partial charge on any atom is 0.160 e. The topological polar surface area (TPSA) is 38.9 Å². The molecule has 0 atom stereocenters. The maximum atomic E-state index is 6.21. The minimum Gasteiger partial charge on any atom is -0.456 e. The molecule has 8 aromatic carbocycles. The highest BCUT2D eigenvalue weighted by Gasteiger charge is 2.17. The van der Waals surface area contributed by atoms with Crippen molar-refractivity contribution in [2.45, 2.75) is 0 Å². The van der Waals surface area contributed by atoms with E-state index in [1.54, 1.807) is 0 Å². The minimum absolute atomic E-state index is 0.685. The summed E-state index contributed by atoms with van der Waals surface area (Å²) < 4.78 is 6.21. The molecule has 3 nitrogen and oxygen atoms in total. The SMILES string of the molecule is c1ccc(-c2nc(-c3cc(-c4ccc5oc6ccccc6c5c4)cc(-c4cccc5ccccc45)c3)cc(-c3ccccc3-c3ccccc3)n2)cc1. The number of fused-ring (bicyclic) bond motifs is 4. The maximum absolute atomic E-state index is 6.21. The molecule has 0 spiro atoms. The number of hydrogen-bond donors (Lipinski definition) is 0. The summed E-state index contributed by atoms with van der Waals surface area (Å²) in [6.45, 7) is 0. The smallest absolute Gasteiger partial charge is 0.160 e. The van der Waals surface area contributed by atoms with Gasteiger partial charge in [0.2, 0.25) is 0 Å². The first-order valence-electron chi connectivity index (χ1n) is 17.9. The summed E-state index contributed by atoms with van der Waals surface area (Å²) >= 11 is 0. The molecular formula is C50H32N2O. The molecule has 0 radical (unpaired) electrons. The first-order valence-corrected chi connectivity index (χ1v) is 17.9. The van der Waals surface area contributed by atoms with Gasteiger partial charge in [0.25, 0.3) is 0 Å². The number of hydrogen-bond acceptors (Lipinski definition) is 3. The first kappa shape index (κ1) is 30.7. The zero-order chi connectivity index (χ0) is 35.1. The molecule has 10 rings (SSSR count). The van der Waals surface area contributed by atoms with Crippen molar-refractivity contribution in [3.63, 3.8) is 0 Å². The summed E-state index contributed by atoms with van der Waals surface area (Å²) in [5, 5.41) is 4.62. The molecule has 0 amide bonds. The normalized spacial score (nSPS) is 11.4. The second-order valence-corrected chi connectivity index (χ2v) is 13.4. The second kappa shape index (κ2) is 12.9. The average Bonchev–Trinajstić information content (AvgIpc) is 3.62. The molecule has 0 saturated carbocycles. The summed E-state index contributed by atoms with van der Waals surface area (Å²) in [6.07, 6.45) is 0. The number of nitrogens with zero attached hydrogens (tertiary/aromatic N) is 2. The lowest BCUT2D eigenvalue weighted by molar-refractivity contribution is 0.669. The van der Waals surface area contributed by atoms with Gasteiger partial charge in [0.1, 0.15) is 11.2 Å². The van der Waals surface area contributed by atoms with Crippen molar-refractivity contribution in [3.8, 4) is 67.3 Å². The van der Waals surface area contributed by atoms with E-state index in [0.717, 1.165) is 77.8 Å². The van der Waals surface area contributed by atoms with Crippen LogP contribution in [0.4, 0.5) is 0 Å². The van der Waals surface area contributed by atoms with Crippen molar-refractivity contribution >= 4 is 32.7 Å². The molecule has 0 aliphatic heterocycles. The predicted molar refractivity (Wildman–Crippen MR) is 219 cm³/mol. The Morgan fingerprint density at radius 1 is 0.302 bits per heavy atom. The van der Waals surface area contributed by atoms with Crippen molar-refractivity contribution in [1.82, 2.24) is 9.97 Å². The Morgan fingerprint density at radius 3 is 1.75 bits per heavy atom. The summed E-state index contributed by atoms with van der Waals surface area (Å²) in [6, 6.07) is 68.1. The van der Waals surface area contributed by atoms with Crippen LogP contribution in [0.5, 0.6) is 0 Å². The molecular weight excluding hydrogens is 645 g/mol. The third-order valence-electron chi connectivity index (χ3n) is 10.1. The van der Waals surface area contributed by atoms with Crippen molar-refractivity contribution < 1.29 is 4.42 Å². The Balaban J connectivity index is 1.23. The van der Waals surface area contributed by atoms with E-state index in [2.05, 4.69) is 164 Å². The summed E-state index contributed by atoms with van der Waals surface area (Å²) in [5.74, 6) is 0.685. The lowest BCUT2D eigenvalue weighted by atomic mass is 9.91. The zero-order valence-electron chi connectivity index (χ0n) is 28.8. The Bertz CT molecular complexity index is 2940. The van der Waals surface area contributed by atoms with Crippen LogP contribution in [0.25, 0.3) is 100.0 Å². The Morgan fingerprint density at radius 2 is 0.906 bits per heavy atom. The third kappa shape index (κ3) is 5.65. The third-order valence-corrected chi connectivity index (χ3v) is 10.1. The van der Waals surface area contributed by atoms with Gasteiger partial charge in [0.15, 0.2) is 5.82 Å².